The number of amides is 2. The normalized spacial score (nSPS) is 21.0. The zero-order valence-corrected chi connectivity index (χ0v) is 19.6. The summed E-state index contributed by atoms with van der Waals surface area (Å²) in [6, 6.07) is 13.6. The molecule has 0 aromatic heterocycles. The average molecular weight is 499 g/mol. The van der Waals surface area contributed by atoms with Gasteiger partial charge in [-0.05, 0) is 67.6 Å². The minimum absolute atomic E-state index is 0.0261. The molecule has 5 rings (SSSR count). The van der Waals surface area contributed by atoms with E-state index in [1.54, 1.807) is 0 Å². The van der Waals surface area contributed by atoms with Crippen LogP contribution in [0.25, 0.3) is 0 Å². The van der Waals surface area contributed by atoms with Crippen LogP contribution in [-0.2, 0) is 4.79 Å². The molecule has 0 bridgehead atoms. The van der Waals surface area contributed by atoms with Crippen LogP contribution in [0.15, 0.2) is 46.9 Å². The van der Waals surface area contributed by atoms with Crippen molar-refractivity contribution >= 4 is 27.7 Å². The first kappa shape index (κ1) is 21.3. The molecule has 3 aliphatic heterocycles. The molecule has 0 radical (unpaired) electrons. The highest BCUT2D eigenvalue weighted by Gasteiger charge is 2.36. The van der Waals surface area contributed by atoms with E-state index in [0.717, 1.165) is 40.9 Å². The number of nitrogens with zero attached hydrogens (tertiary/aromatic N) is 2. The first-order valence-corrected chi connectivity index (χ1v) is 12.1. The van der Waals surface area contributed by atoms with Gasteiger partial charge in [-0.15, -0.1) is 0 Å². The number of piperidine rings is 1. The molecule has 2 aromatic rings. The number of hydrogen-bond donors (Lipinski definition) is 0. The van der Waals surface area contributed by atoms with Gasteiger partial charge in [0.15, 0.2) is 11.5 Å². The van der Waals surface area contributed by atoms with E-state index in [4.69, 9.17) is 9.47 Å². The first-order valence-electron chi connectivity index (χ1n) is 11.3. The summed E-state index contributed by atoms with van der Waals surface area (Å²) in [5.41, 5.74) is 1.80. The van der Waals surface area contributed by atoms with Crippen LogP contribution in [0.2, 0.25) is 0 Å². The second kappa shape index (κ2) is 9.14. The molecule has 3 heterocycles. The van der Waals surface area contributed by atoms with Gasteiger partial charge >= 0.3 is 0 Å². The van der Waals surface area contributed by atoms with Crippen molar-refractivity contribution < 1.29 is 19.1 Å². The third kappa shape index (κ3) is 4.22. The van der Waals surface area contributed by atoms with Crippen LogP contribution in [0.5, 0.6) is 11.5 Å². The van der Waals surface area contributed by atoms with E-state index in [0.29, 0.717) is 44.7 Å². The molecule has 0 N–H and O–H groups in total. The molecule has 0 spiro atoms. The smallest absolute Gasteiger partial charge is 0.253 e. The van der Waals surface area contributed by atoms with Crippen molar-refractivity contribution in [3.05, 3.63) is 58.1 Å². The van der Waals surface area contributed by atoms with Crippen molar-refractivity contribution in [1.29, 1.82) is 0 Å². The van der Waals surface area contributed by atoms with Gasteiger partial charge in [0.25, 0.3) is 5.91 Å². The van der Waals surface area contributed by atoms with Crippen LogP contribution in [0.1, 0.15) is 47.6 Å². The fourth-order valence-electron chi connectivity index (χ4n) is 4.98. The van der Waals surface area contributed by atoms with Gasteiger partial charge in [-0.3, -0.25) is 9.59 Å². The van der Waals surface area contributed by atoms with E-state index in [1.165, 1.54) is 0 Å². The average Bonchev–Trinajstić information content (AvgIpc) is 3.33. The highest BCUT2D eigenvalue weighted by molar-refractivity contribution is 9.10. The summed E-state index contributed by atoms with van der Waals surface area (Å²) in [7, 11) is 0. The molecule has 2 saturated heterocycles. The van der Waals surface area contributed by atoms with Gasteiger partial charge in [0.05, 0.1) is 6.04 Å². The Morgan fingerprint density at radius 3 is 2.34 bits per heavy atom. The Morgan fingerprint density at radius 2 is 1.59 bits per heavy atom. The fraction of sp³-hybridized carbons (Fsp3) is 0.440. The zero-order valence-electron chi connectivity index (χ0n) is 18.0. The molecule has 2 amide bonds. The molecule has 7 heteroatoms. The minimum atomic E-state index is -0.0261. The lowest BCUT2D eigenvalue weighted by atomic mass is 9.93. The van der Waals surface area contributed by atoms with E-state index in [9.17, 15) is 9.59 Å². The van der Waals surface area contributed by atoms with E-state index in [1.807, 2.05) is 46.2 Å². The highest BCUT2D eigenvalue weighted by atomic mass is 79.9. The predicted octanol–water partition coefficient (Wildman–Crippen LogP) is 4.44. The molecular formula is C25H27BrN2O4. The third-order valence-electron chi connectivity index (χ3n) is 6.71. The van der Waals surface area contributed by atoms with Crippen LogP contribution >= 0.6 is 15.9 Å². The maximum atomic E-state index is 13.4. The Morgan fingerprint density at radius 1 is 0.875 bits per heavy atom. The van der Waals surface area contributed by atoms with Crippen LogP contribution in [0.3, 0.4) is 0 Å². The lowest BCUT2D eigenvalue weighted by Crippen LogP contribution is -2.44. The maximum absolute atomic E-state index is 13.4. The van der Waals surface area contributed by atoms with Crippen LogP contribution in [0, 0.1) is 5.92 Å². The molecule has 2 fully saturated rings. The van der Waals surface area contributed by atoms with Crippen molar-refractivity contribution in [1.82, 2.24) is 9.80 Å². The Balaban J connectivity index is 1.23. The lowest BCUT2D eigenvalue weighted by molar-refractivity contribution is -0.137. The van der Waals surface area contributed by atoms with E-state index in [2.05, 4.69) is 22.0 Å². The molecule has 3 aliphatic rings. The molecular weight excluding hydrogens is 472 g/mol. The van der Waals surface area contributed by atoms with Crippen molar-refractivity contribution in [2.24, 2.45) is 5.92 Å². The van der Waals surface area contributed by atoms with Gasteiger partial charge in [-0.25, -0.2) is 0 Å². The maximum Gasteiger partial charge on any atom is 0.253 e. The Kier molecular flexibility index (Phi) is 6.09. The summed E-state index contributed by atoms with van der Waals surface area (Å²) in [4.78, 5) is 30.1. The molecule has 0 saturated carbocycles. The van der Waals surface area contributed by atoms with E-state index >= 15 is 0 Å². The molecule has 1 atom stereocenters. The van der Waals surface area contributed by atoms with Gasteiger partial charge in [-0.1, -0.05) is 22.0 Å². The number of carbonyl (C=O) groups excluding carboxylic acids is 2. The Hall–Kier alpha value is -2.54. The largest absolute Gasteiger partial charge is 0.486 e. The van der Waals surface area contributed by atoms with Gasteiger partial charge in [0, 0.05) is 35.6 Å². The Labute approximate surface area is 196 Å². The van der Waals surface area contributed by atoms with Gasteiger partial charge in [0.1, 0.15) is 13.2 Å². The number of likely N-dealkylation sites (tertiary alicyclic amines) is 2. The number of carbonyl (C=O) groups is 2. The summed E-state index contributed by atoms with van der Waals surface area (Å²) in [5, 5.41) is 0. The summed E-state index contributed by atoms with van der Waals surface area (Å²) in [6.45, 7) is 3.16. The Bertz CT molecular complexity index is 1000. The number of rotatable bonds is 3. The monoisotopic (exact) mass is 498 g/mol. The quantitative estimate of drug-likeness (QED) is 0.627. The first-order chi connectivity index (χ1) is 15.6. The molecule has 6 nitrogen and oxygen atoms in total. The summed E-state index contributed by atoms with van der Waals surface area (Å²) in [5.74, 6) is 1.78. The van der Waals surface area contributed by atoms with Crippen molar-refractivity contribution in [3.63, 3.8) is 0 Å². The molecule has 2 aromatic carbocycles. The SMILES string of the molecule is O=C(c1ccc(Br)cc1)N1CCC(C(=O)N2CCCC2c2ccc3c(c2)OCCO3)CC1. The molecule has 1 unspecified atom stereocenters. The van der Waals surface area contributed by atoms with Gasteiger partial charge in [0.2, 0.25) is 5.91 Å². The van der Waals surface area contributed by atoms with E-state index in [-0.39, 0.29) is 23.8 Å². The van der Waals surface area contributed by atoms with Crippen molar-refractivity contribution in [3.8, 4) is 11.5 Å². The number of benzene rings is 2. The number of halogens is 1. The molecule has 168 valence electrons. The van der Waals surface area contributed by atoms with Crippen molar-refractivity contribution in [2.45, 2.75) is 31.7 Å². The number of ether oxygens (including phenoxy) is 2. The zero-order chi connectivity index (χ0) is 22.1. The third-order valence-corrected chi connectivity index (χ3v) is 7.24. The standard InChI is InChI=1S/C25H27BrN2O4/c26-20-6-3-17(4-7-20)24(29)27-12-9-18(10-13-27)25(30)28-11-1-2-21(28)19-5-8-22-23(16-19)32-15-14-31-22/h3-8,16,18,21H,1-2,9-15H2. The van der Waals surface area contributed by atoms with E-state index < -0.39 is 0 Å². The van der Waals surface area contributed by atoms with Crippen LogP contribution in [-0.4, -0.2) is 54.5 Å². The highest BCUT2D eigenvalue weighted by Crippen LogP contribution is 2.39. The summed E-state index contributed by atoms with van der Waals surface area (Å²) >= 11 is 3.41. The summed E-state index contributed by atoms with van der Waals surface area (Å²) < 4.78 is 12.3. The lowest BCUT2D eigenvalue weighted by Gasteiger charge is -2.35. The fourth-order valence-corrected chi connectivity index (χ4v) is 5.25. The van der Waals surface area contributed by atoms with Gasteiger partial charge in [-0.2, -0.15) is 0 Å². The molecule has 0 aliphatic carbocycles. The number of fused-ring (bicyclic) bond motifs is 1. The minimum Gasteiger partial charge on any atom is -0.486 e. The number of hydrogen-bond acceptors (Lipinski definition) is 4. The molecule has 32 heavy (non-hydrogen) atoms. The second-order valence-electron chi connectivity index (χ2n) is 8.67. The van der Waals surface area contributed by atoms with Crippen LogP contribution < -0.4 is 9.47 Å². The summed E-state index contributed by atoms with van der Waals surface area (Å²) in [6.07, 6.45) is 3.40. The van der Waals surface area contributed by atoms with Gasteiger partial charge < -0.3 is 19.3 Å². The topological polar surface area (TPSA) is 59.1 Å². The van der Waals surface area contributed by atoms with Crippen molar-refractivity contribution in [2.75, 3.05) is 32.8 Å². The van der Waals surface area contributed by atoms with Crippen LogP contribution in [0.4, 0.5) is 0 Å². The second-order valence-corrected chi connectivity index (χ2v) is 9.58. The predicted molar refractivity (Wildman–Crippen MR) is 124 cm³/mol.